The minimum Gasteiger partial charge on any atom is -0.457 e. The van der Waals surface area contributed by atoms with Crippen LogP contribution in [-0.4, -0.2) is 27.9 Å². The van der Waals surface area contributed by atoms with Crippen LogP contribution in [0.5, 0.6) is 11.5 Å². The number of nitrogens with one attached hydrogen (secondary N) is 1. The van der Waals surface area contributed by atoms with Gasteiger partial charge in [-0.15, -0.1) is 0 Å². The molecule has 0 spiro atoms. The first-order valence-corrected chi connectivity index (χ1v) is 16.3. The van der Waals surface area contributed by atoms with E-state index in [0.717, 1.165) is 45.1 Å². The fourth-order valence-corrected chi connectivity index (χ4v) is 6.53. The van der Waals surface area contributed by atoms with Crippen molar-refractivity contribution in [3.05, 3.63) is 214 Å². The number of hydrogen-bond acceptors (Lipinski definition) is 6. The fraction of sp³-hybridized carbons (Fsp3) is 0.0952. The molecule has 7 heteroatoms. The number of rotatable bonds is 12. The lowest BCUT2D eigenvalue weighted by atomic mass is 9.76. The highest BCUT2D eigenvalue weighted by Gasteiger charge is 2.44. The van der Waals surface area contributed by atoms with Crippen molar-refractivity contribution in [1.82, 2.24) is 9.80 Å². The summed E-state index contributed by atoms with van der Waals surface area (Å²) in [5.74, 6) is 1.56. The number of para-hydroxylation sites is 1. The van der Waals surface area contributed by atoms with Crippen molar-refractivity contribution >= 4 is 11.4 Å². The number of nitro groups is 1. The third-order valence-corrected chi connectivity index (χ3v) is 8.87. The van der Waals surface area contributed by atoms with Gasteiger partial charge in [-0.3, -0.25) is 10.1 Å². The molecule has 7 rings (SSSR count). The monoisotopic (exact) mass is 644 g/mol. The summed E-state index contributed by atoms with van der Waals surface area (Å²) in [5, 5.41) is 15.0. The molecule has 6 aromatic rings. The second kappa shape index (κ2) is 14.2. The molecule has 1 N–H and O–H groups in total. The van der Waals surface area contributed by atoms with Gasteiger partial charge in [-0.1, -0.05) is 121 Å². The molecule has 0 aliphatic carbocycles. The van der Waals surface area contributed by atoms with Gasteiger partial charge in [0.05, 0.1) is 23.8 Å². The number of benzene rings is 6. The number of nitrogens with zero attached hydrogens (tertiary/aromatic N) is 3. The summed E-state index contributed by atoms with van der Waals surface area (Å²) < 4.78 is 6.00. The van der Waals surface area contributed by atoms with Gasteiger partial charge in [0, 0.05) is 30.6 Å². The third kappa shape index (κ3) is 6.73. The Balaban J connectivity index is 1.25. The molecule has 0 atom stereocenters. The van der Waals surface area contributed by atoms with Crippen LogP contribution in [0.15, 0.2) is 182 Å². The first-order chi connectivity index (χ1) is 24.1. The second-order valence-electron chi connectivity index (χ2n) is 12.0. The molecule has 242 valence electrons. The Hall–Kier alpha value is -6.34. The van der Waals surface area contributed by atoms with Gasteiger partial charge in [-0.2, -0.15) is 0 Å². The van der Waals surface area contributed by atoms with Gasteiger partial charge in [0.1, 0.15) is 17.0 Å². The topological polar surface area (TPSA) is 70.9 Å². The molecule has 49 heavy (non-hydrogen) atoms. The molecule has 0 fully saturated rings. The van der Waals surface area contributed by atoms with Crippen molar-refractivity contribution in [3.63, 3.8) is 0 Å². The van der Waals surface area contributed by atoms with Crippen LogP contribution in [0.4, 0.5) is 11.4 Å². The number of non-ortho nitro benzene ring substituents is 1. The highest BCUT2D eigenvalue weighted by Crippen LogP contribution is 2.45. The minimum absolute atomic E-state index is 0.0835. The molecule has 6 aromatic carbocycles. The molecule has 0 saturated heterocycles. The quantitative estimate of drug-likeness (QED) is 0.0813. The van der Waals surface area contributed by atoms with Crippen LogP contribution < -0.4 is 10.1 Å². The predicted molar refractivity (Wildman–Crippen MR) is 194 cm³/mol. The summed E-state index contributed by atoms with van der Waals surface area (Å²) in [4.78, 5) is 15.8. The predicted octanol–water partition coefficient (Wildman–Crippen LogP) is 9.41. The maximum atomic E-state index is 11.4. The van der Waals surface area contributed by atoms with Crippen LogP contribution in [0.1, 0.15) is 22.3 Å². The van der Waals surface area contributed by atoms with E-state index in [2.05, 4.69) is 112 Å². The van der Waals surface area contributed by atoms with E-state index in [1.165, 1.54) is 0 Å². The van der Waals surface area contributed by atoms with Crippen molar-refractivity contribution in [3.8, 4) is 11.5 Å². The van der Waals surface area contributed by atoms with E-state index in [1.54, 1.807) is 12.1 Å². The van der Waals surface area contributed by atoms with Gasteiger partial charge in [0.2, 0.25) is 0 Å². The average molecular weight is 645 g/mol. The summed E-state index contributed by atoms with van der Waals surface area (Å²) in [5.41, 5.74) is 5.97. The first kappa shape index (κ1) is 31.3. The molecule has 0 radical (unpaired) electrons. The zero-order chi connectivity index (χ0) is 33.5. The molecule has 0 bridgehead atoms. The average Bonchev–Trinajstić information content (AvgIpc) is 3.56. The van der Waals surface area contributed by atoms with Crippen LogP contribution in [0, 0.1) is 10.1 Å². The summed E-state index contributed by atoms with van der Waals surface area (Å²) >= 11 is 0. The van der Waals surface area contributed by atoms with E-state index in [0.29, 0.717) is 19.8 Å². The molecule has 1 heterocycles. The smallest absolute Gasteiger partial charge is 0.269 e. The van der Waals surface area contributed by atoms with Crippen molar-refractivity contribution in [2.75, 3.05) is 18.5 Å². The Morgan fingerprint density at radius 2 is 1.12 bits per heavy atom. The molecule has 0 unspecified atom stereocenters. The van der Waals surface area contributed by atoms with E-state index in [9.17, 15) is 10.1 Å². The van der Waals surface area contributed by atoms with Crippen molar-refractivity contribution in [1.29, 1.82) is 0 Å². The van der Waals surface area contributed by atoms with E-state index in [4.69, 9.17) is 4.74 Å². The van der Waals surface area contributed by atoms with Crippen molar-refractivity contribution in [2.24, 2.45) is 0 Å². The zero-order valence-electron chi connectivity index (χ0n) is 26.9. The standard InChI is InChI=1S/C42H36N4O3/c47-46(48)38-25-21-33(22-26-38)30-44-32-45(31-39(44)29-43-37-23-27-41(28-24-37)49-40-19-11-4-12-20-40)42(34-13-5-1-6-14-34,35-15-7-2-8-16-35)36-17-9-3-10-18-36/h1-28,31,43H,29-30,32H2. The van der Waals surface area contributed by atoms with Crippen LogP contribution in [0.25, 0.3) is 0 Å². The molecule has 1 aliphatic heterocycles. The molecular weight excluding hydrogens is 608 g/mol. The van der Waals surface area contributed by atoms with E-state index in [1.807, 2.05) is 66.7 Å². The van der Waals surface area contributed by atoms with Gasteiger partial charge in [-0.05, 0) is 58.7 Å². The second-order valence-corrected chi connectivity index (χ2v) is 12.0. The SMILES string of the molecule is O=[N+]([O-])c1ccc(CN2CN(C(c3ccccc3)(c3ccccc3)c3ccccc3)C=C2CNc2ccc(Oc3ccccc3)cc2)cc1. The van der Waals surface area contributed by atoms with Crippen LogP contribution >= 0.6 is 0 Å². The summed E-state index contributed by atoms with van der Waals surface area (Å²) in [7, 11) is 0. The maximum Gasteiger partial charge on any atom is 0.269 e. The lowest BCUT2D eigenvalue weighted by molar-refractivity contribution is -0.384. The first-order valence-electron chi connectivity index (χ1n) is 16.3. The van der Waals surface area contributed by atoms with Gasteiger partial charge in [0.15, 0.2) is 0 Å². The van der Waals surface area contributed by atoms with Gasteiger partial charge >= 0.3 is 0 Å². The molecule has 7 nitrogen and oxygen atoms in total. The maximum absolute atomic E-state index is 11.4. The summed E-state index contributed by atoms with van der Waals surface area (Å²) in [6, 6.07) is 56.5. The largest absolute Gasteiger partial charge is 0.457 e. The van der Waals surface area contributed by atoms with Crippen LogP contribution in [-0.2, 0) is 12.1 Å². The zero-order valence-corrected chi connectivity index (χ0v) is 26.9. The minimum atomic E-state index is -0.629. The summed E-state index contributed by atoms with van der Waals surface area (Å²) in [6.07, 6.45) is 2.26. The molecule has 0 saturated carbocycles. The fourth-order valence-electron chi connectivity index (χ4n) is 6.53. The number of anilines is 1. The normalized spacial score (nSPS) is 12.8. The number of nitro benzene ring substituents is 1. The Morgan fingerprint density at radius 1 is 0.633 bits per heavy atom. The van der Waals surface area contributed by atoms with Crippen LogP contribution in [0.2, 0.25) is 0 Å². The Bertz CT molecular complexity index is 1910. The van der Waals surface area contributed by atoms with Crippen molar-refractivity contribution < 1.29 is 9.66 Å². The highest BCUT2D eigenvalue weighted by atomic mass is 16.6. The molecular formula is C42H36N4O3. The van der Waals surface area contributed by atoms with Crippen LogP contribution in [0.3, 0.4) is 0 Å². The van der Waals surface area contributed by atoms with E-state index >= 15 is 0 Å². The summed E-state index contributed by atoms with van der Waals surface area (Å²) in [6.45, 7) is 1.74. The van der Waals surface area contributed by atoms with E-state index < -0.39 is 5.54 Å². The van der Waals surface area contributed by atoms with Gasteiger partial charge in [-0.25, -0.2) is 0 Å². The third-order valence-electron chi connectivity index (χ3n) is 8.87. The van der Waals surface area contributed by atoms with E-state index in [-0.39, 0.29) is 10.6 Å². The number of hydrogen-bond donors (Lipinski definition) is 1. The van der Waals surface area contributed by atoms with Crippen molar-refractivity contribution in [2.45, 2.75) is 12.1 Å². The molecule has 0 aromatic heterocycles. The Morgan fingerprint density at radius 3 is 1.63 bits per heavy atom. The Labute approximate surface area is 286 Å². The lowest BCUT2D eigenvalue weighted by Gasteiger charge is -2.44. The lowest BCUT2D eigenvalue weighted by Crippen LogP contribution is -2.46. The van der Waals surface area contributed by atoms with Gasteiger partial charge in [0.25, 0.3) is 5.69 Å². The molecule has 0 amide bonds. The Kier molecular flexibility index (Phi) is 9.06. The highest BCUT2D eigenvalue weighted by molar-refractivity contribution is 5.52. The molecule has 1 aliphatic rings. The number of ether oxygens (including phenoxy) is 1. The van der Waals surface area contributed by atoms with Gasteiger partial charge < -0.3 is 19.9 Å².